The van der Waals surface area contributed by atoms with Crippen molar-refractivity contribution in [3.05, 3.63) is 278 Å². The van der Waals surface area contributed by atoms with E-state index in [4.69, 9.17) is 89.8 Å². The largest absolute Gasteiger partial charge is 0.507 e. The van der Waals surface area contributed by atoms with Crippen molar-refractivity contribution in [2.45, 2.75) is 88.4 Å². The molecule has 0 saturated heterocycles. The predicted octanol–water partition coefficient (Wildman–Crippen LogP) is 19.8. The van der Waals surface area contributed by atoms with Gasteiger partial charge < -0.3 is 53.6 Å². The number of carbonyl (C=O) groups excluding carboxylic acids is 3. The first-order valence-corrected chi connectivity index (χ1v) is 36.6. The molecule has 4 aliphatic rings. The van der Waals surface area contributed by atoms with E-state index in [2.05, 4.69) is 116 Å². The fourth-order valence-corrected chi connectivity index (χ4v) is 15.3. The van der Waals surface area contributed by atoms with Crippen molar-refractivity contribution in [3.63, 3.8) is 0 Å². The highest BCUT2D eigenvalue weighted by molar-refractivity contribution is 9.10. The lowest BCUT2D eigenvalue weighted by molar-refractivity contribution is -0.140. The summed E-state index contributed by atoms with van der Waals surface area (Å²) in [5.74, 6) is 2.15. The molecule has 16 nitrogen and oxygen atoms in total. The summed E-state index contributed by atoms with van der Waals surface area (Å²) >= 11 is 32.3. The van der Waals surface area contributed by atoms with Gasteiger partial charge in [-0.15, -0.1) is 0 Å². The van der Waals surface area contributed by atoms with Crippen molar-refractivity contribution in [3.8, 4) is 68.2 Å². The molecule has 10 aromatic rings. The molecule has 0 unspecified atom stereocenters. The number of carboxylic acid groups (broad SMARTS) is 1. The zero-order valence-corrected chi connectivity index (χ0v) is 63.8. The molecule has 4 aliphatic carbocycles. The number of fused-ring (bicyclic) bond motifs is 4. The van der Waals surface area contributed by atoms with Gasteiger partial charge in [0.25, 0.3) is 0 Å². The van der Waals surface area contributed by atoms with Crippen LogP contribution in [0.2, 0.25) is 20.1 Å². The molecule has 0 spiro atoms. The van der Waals surface area contributed by atoms with E-state index in [9.17, 15) is 29.4 Å². The predicted molar refractivity (Wildman–Crippen MR) is 416 cm³/mol. The number of aliphatic carboxylic acids is 1. The summed E-state index contributed by atoms with van der Waals surface area (Å²) < 4.78 is 42.8. The summed E-state index contributed by atoms with van der Waals surface area (Å²) in [5.41, 5.74) is 16.3. The first-order valence-electron chi connectivity index (χ1n) is 33.5. The quantitative estimate of drug-likeness (QED) is 0.0422. The standard InChI is InChI=1S/C26H26ClNO5.C23H19ClO3.C17H14BrClO3.C16H12BrClO3.CH4O/c1-32-24-13-25(21(27)12-17(24)14-28-22(15-29)26(30)31)33-23-11-10-19-18(8-5-9-20(19)23)16-6-3-2-4-7-16;1-26-22-13-23(20(24)12-16(22)14-25)27-21-11-10-18-17(8-5-9-19(18)21)15-6-3-2-4-7-15;1-21-16-8-17(14(19)7-10(16)9-20)22-15-6-5-11-12(15)3-2-4-13(11)18;17-12-3-1-2-11-10(12)4-5-15(11)21-16-7-14(20)9(8-19)6-13(16)18;1-2/h2-9,12-13,22-23,28-29H,10-11,14-15H2,1H3,(H,30,31);2-9,12-14,21H,10-11H2,1H3;2-4,7-9,15H,5-6H2,1H3;1-3,6-8,15,20H,4-5H2;2H,1H3/t22-,23-;21-;2*15-;/m0000./s1. The SMILES string of the molecule is CO.COc1cc(O[C@H]2CCc3c(-c4ccccc4)cccc32)c(Cl)cc1C=O.COc1cc(O[C@H]2CCc3c(-c4ccccc4)cccc32)c(Cl)cc1CN[C@@H](CO)C(=O)O.COc1cc(O[C@H]2CCc3c(Br)cccc32)c(Cl)cc1C=O.O=Cc1cc(Cl)c(O[C@H]2CCc3c(Br)cccc32)cc1O. The van der Waals surface area contributed by atoms with E-state index >= 15 is 0 Å². The van der Waals surface area contributed by atoms with Gasteiger partial charge in [-0.1, -0.05) is 200 Å². The molecular weight excluding hydrogens is 1550 g/mol. The van der Waals surface area contributed by atoms with Crippen molar-refractivity contribution in [2.75, 3.05) is 35.0 Å². The molecule has 14 rings (SSSR count). The normalized spacial score (nSPS) is 15.6. The van der Waals surface area contributed by atoms with Gasteiger partial charge in [-0.2, -0.15) is 0 Å². The zero-order chi connectivity index (χ0) is 74.8. The lowest BCUT2D eigenvalue weighted by Gasteiger charge is -2.19. The highest BCUT2D eigenvalue weighted by Crippen LogP contribution is 2.47. The van der Waals surface area contributed by atoms with E-state index in [1.165, 1.54) is 89.1 Å². The van der Waals surface area contributed by atoms with Crippen LogP contribution in [0.15, 0.2) is 191 Å². The average molecular weight is 1630 g/mol. The minimum atomic E-state index is -1.13. The summed E-state index contributed by atoms with van der Waals surface area (Å²) in [7, 11) is 5.58. The van der Waals surface area contributed by atoms with Gasteiger partial charge in [0.05, 0.1) is 64.7 Å². The van der Waals surface area contributed by atoms with Gasteiger partial charge in [-0.25, -0.2) is 0 Å². The maximum atomic E-state index is 11.2. The number of carboxylic acids is 1. The Bertz CT molecular complexity index is 4740. The Kier molecular flexibility index (Phi) is 28.0. The Hall–Kier alpha value is -8.92. The number of aromatic hydroxyl groups is 1. The fraction of sp³-hybridized carbons (Fsp3) is 0.229. The number of phenols is 1. The number of ether oxygens (including phenoxy) is 7. The number of hydrogen-bond donors (Lipinski definition) is 5. The molecule has 5 N–H and O–H groups in total. The third-order valence-electron chi connectivity index (χ3n) is 18.4. The number of hydrogen-bond acceptors (Lipinski definition) is 15. The minimum absolute atomic E-state index is 0.0446. The van der Waals surface area contributed by atoms with Crippen molar-refractivity contribution in [1.29, 1.82) is 0 Å². The lowest BCUT2D eigenvalue weighted by atomic mass is 9.97. The number of nitrogens with one attached hydrogen (secondary N) is 1. The van der Waals surface area contributed by atoms with Crippen LogP contribution < -0.4 is 38.5 Å². The van der Waals surface area contributed by atoms with E-state index in [1.807, 2.05) is 54.6 Å². The number of benzene rings is 10. The molecule has 0 bridgehead atoms. The van der Waals surface area contributed by atoms with Gasteiger partial charge in [0, 0.05) is 52.4 Å². The van der Waals surface area contributed by atoms with Crippen LogP contribution in [-0.2, 0) is 37.0 Å². The first-order chi connectivity index (χ1) is 50.9. The average Bonchev–Trinajstić information content (AvgIpc) is 1.69. The second kappa shape index (κ2) is 37.4. The van der Waals surface area contributed by atoms with Crippen LogP contribution >= 0.6 is 78.3 Å². The number of rotatable bonds is 21. The number of halogens is 6. The second-order valence-electron chi connectivity index (χ2n) is 24.5. The van der Waals surface area contributed by atoms with Gasteiger partial charge in [0.1, 0.15) is 76.5 Å². The molecule has 0 aliphatic heterocycles. The van der Waals surface area contributed by atoms with E-state index in [0.717, 1.165) is 91.1 Å². The number of methoxy groups -OCH3 is 3. The number of aliphatic hydroxyl groups excluding tert-OH is 2. The van der Waals surface area contributed by atoms with Gasteiger partial charge in [-0.05, 0) is 155 Å². The van der Waals surface area contributed by atoms with Crippen molar-refractivity contribution >= 4 is 103 Å². The lowest BCUT2D eigenvalue weighted by Crippen LogP contribution is -2.39. The van der Waals surface area contributed by atoms with Crippen molar-refractivity contribution in [2.24, 2.45) is 0 Å². The zero-order valence-electron chi connectivity index (χ0n) is 57.6. The smallest absolute Gasteiger partial charge is 0.323 e. The maximum absolute atomic E-state index is 11.2. The Morgan fingerprint density at radius 3 is 1.17 bits per heavy atom. The molecule has 22 heteroatoms. The van der Waals surface area contributed by atoms with Crippen LogP contribution in [0.5, 0.6) is 46.0 Å². The van der Waals surface area contributed by atoms with Crippen LogP contribution in [0.3, 0.4) is 0 Å². The third-order valence-corrected chi connectivity index (χ3v) is 21.0. The van der Waals surface area contributed by atoms with Gasteiger partial charge in [0.15, 0.2) is 18.9 Å². The van der Waals surface area contributed by atoms with Crippen LogP contribution in [-0.4, -0.2) is 86.3 Å². The monoisotopic (exact) mass is 1620 g/mol. The summed E-state index contributed by atoms with van der Waals surface area (Å²) in [5, 5.41) is 39.4. The highest BCUT2D eigenvalue weighted by Gasteiger charge is 2.32. The molecule has 0 heterocycles. The fourth-order valence-electron chi connectivity index (χ4n) is 13.3. The minimum Gasteiger partial charge on any atom is -0.507 e. The second-order valence-corrected chi connectivity index (χ2v) is 27.8. The molecule has 0 fully saturated rings. The Labute approximate surface area is 645 Å². The molecule has 10 aromatic carbocycles. The van der Waals surface area contributed by atoms with Crippen LogP contribution in [0, 0.1) is 0 Å². The van der Waals surface area contributed by atoms with Gasteiger partial charge in [-0.3, -0.25) is 24.5 Å². The van der Waals surface area contributed by atoms with Crippen LogP contribution in [0.25, 0.3) is 22.3 Å². The van der Waals surface area contributed by atoms with Crippen molar-refractivity contribution in [1.82, 2.24) is 5.32 Å². The topological polar surface area (TPSA) is 226 Å². The Morgan fingerprint density at radius 1 is 0.457 bits per heavy atom. The van der Waals surface area contributed by atoms with E-state index < -0.39 is 18.6 Å². The number of aldehydes is 3. The molecule has 0 radical (unpaired) electrons. The number of phenolic OH excluding ortho intramolecular Hbond substituents is 1. The molecule has 0 saturated carbocycles. The number of carbonyl (C=O) groups is 4. The first kappa shape index (κ1) is 78.7. The molecular formula is C83H75Br2Cl4NO15. The Morgan fingerprint density at radius 2 is 0.800 bits per heavy atom. The summed E-state index contributed by atoms with van der Waals surface area (Å²) in [6, 6.07) is 57.2. The molecule has 105 heavy (non-hydrogen) atoms. The van der Waals surface area contributed by atoms with Crippen molar-refractivity contribution < 1.29 is 72.8 Å². The van der Waals surface area contributed by atoms with Crippen LogP contribution in [0.4, 0.5) is 0 Å². The Balaban J connectivity index is 0.000000151. The number of aliphatic hydroxyl groups is 2. The summed E-state index contributed by atoms with van der Waals surface area (Å²) in [4.78, 5) is 44.1. The van der Waals surface area contributed by atoms with Crippen LogP contribution in [0.1, 0.15) is 131 Å². The molecule has 0 aromatic heterocycles. The highest BCUT2D eigenvalue weighted by atomic mass is 79.9. The molecule has 0 amide bonds. The summed E-state index contributed by atoms with van der Waals surface area (Å²) in [6.45, 7) is -0.341. The van der Waals surface area contributed by atoms with Gasteiger partial charge >= 0.3 is 5.97 Å². The van der Waals surface area contributed by atoms with Gasteiger partial charge in [0.2, 0.25) is 0 Å². The summed E-state index contributed by atoms with van der Waals surface area (Å²) in [6.07, 6.45) is 8.89. The third kappa shape index (κ3) is 18.7. The maximum Gasteiger partial charge on any atom is 0.323 e. The van der Waals surface area contributed by atoms with E-state index in [0.29, 0.717) is 83.3 Å². The molecule has 5 atom stereocenters. The van der Waals surface area contributed by atoms with E-state index in [1.54, 1.807) is 36.4 Å². The van der Waals surface area contributed by atoms with E-state index in [-0.39, 0.29) is 42.3 Å². The molecule has 544 valence electrons.